The lowest BCUT2D eigenvalue weighted by Crippen LogP contribution is -2.12. The van der Waals surface area contributed by atoms with Crippen LogP contribution >= 0.6 is 0 Å². The number of aromatic amines is 1. The van der Waals surface area contributed by atoms with Crippen LogP contribution in [-0.4, -0.2) is 16.7 Å². The predicted octanol–water partition coefficient (Wildman–Crippen LogP) is 3.04. The van der Waals surface area contributed by atoms with Crippen molar-refractivity contribution in [3.8, 4) is 0 Å². The molecule has 1 aromatic carbocycles. The van der Waals surface area contributed by atoms with E-state index < -0.39 is 0 Å². The number of aromatic nitrogens is 1. The minimum absolute atomic E-state index is 0.247. The molecule has 0 aliphatic rings. The highest BCUT2D eigenvalue weighted by Gasteiger charge is 2.06. The Labute approximate surface area is 88.0 Å². The van der Waals surface area contributed by atoms with Gasteiger partial charge >= 0.3 is 0 Å². The third kappa shape index (κ3) is 2.07. The number of benzene rings is 1. The highest BCUT2D eigenvalue weighted by molar-refractivity contribution is 5.82. The molecule has 0 bridgehead atoms. The number of fused-ring (bicyclic) bond motifs is 1. The molecule has 78 valence electrons. The second kappa shape index (κ2) is 4.28. The van der Waals surface area contributed by atoms with Gasteiger partial charge in [0.2, 0.25) is 0 Å². The van der Waals surface area contributed by atoms with Gasteiger partial charge in [-0.3, -0.25) is 0 Å². The Kier molecular flexibility index (Phi) is 2.83. The van der Waals surface area contributed by atoms with Gasteiger partial charge in [-0.15, -0.1) is 16.2 Å². The van der Waals surface area contributed by atoms with E-state index in [9.17, 15) is 4.48 Å². The van der Waals surface area contributed by atoms with E-state index in [1.807, 2.05) is 30.5 Å². The maximum Gasteiger partial charge on any atom is 0.0565 e. The van der Waals surface area contributed by atoms with E-state index in [0.29, 0.717) is 0 Å². The first-order chi connectivity index (χ1) is 7.31. The van der Waals surface area contributed by atoms with Crippen molar-refractivity contribution in [1.29, 1.82) is 0 Å². The number of H-pyrrole nitrogens is 1. The maximum atomic E-state index is 13.3. The predicted molar refractivity (Wildman–Crippen MR) is 60.0 cm³/mol. The first-order valence-electron chi connectivity index (χ1n) is 4.88. The molecule has 0 unspecified atom stereocenters. The molecule has 2 aromatic rings. The van der Waals surface area contributed by atoms with Gasteiger partial charge in [0.05, 0.1) is 12.1 Å². The summed E-state index contributed by atoms with van der Waals surface area (Å²) in [4.78, 5) is 3.12. The number of para-hydroxylation sites is 1. The Morgan fingerprint density at radius 3 is 3.07 bits per heavy atom. The largest absolute Gasteiger partial charge is 0.361 e. The van der Waals surface area contributed by atoms with Crippen molar-refractivity contribution in [2.75, 3.05) is 6.54 Å². The molecular formula is C12H13FN2. The summed E-state index contributed by atoms with van der Waals surface area (Å²) in [5.41, 5.74) is 1.96. The Balaban J connectivity index is 2.27. The van der Waals surface area contributed by atoms with Crippen LogP contribution in [0.4, 0.5) is 4.48 Å². The lowest BCUT2D eigenvalue weighted by atomic mass is 10.1. The van der Waals surface area contributed by atoms with Crippen LogP contribution in [0.2, 0.25) is 0 Å². The summed E-state index contributed by atoms with van der Waals surface area (Å²) < 4.78 is 13.3. The summed E-state index contributed by atoms with van der Waals surface area (Å²) in [6.07, 6.45) is 3.42. The minimum Gasteiger partial charge on any atom is -0.361 e. The summed E-state index contributed by atoms with van der Waals surface area (Å²) >= 11 is 0. The number of nitrogens with one attached hydrogen (secondary N) is 1. The number of hydrogen-bond acceptors (Lipinski definition) is 1. The van der Waals surface area contributed by atoms with Crippen LogP contribution in [0.15, 0.2) is 43.1 Å². The Hall–Kier alpha value is -1.61. The Morgan fingerprint density at radius 2 is 2.27 bits per heavy atom. The molecule has 2 nitrogen and oxygen atoms in total. The lowest BCUT2D eigenvalue weighted by Gasteiger charge is -2.09. The highest BCUT2D eigenvalue weighted by atomic mass is 19.2. The highest BCUT2D eigenvalue weighted by Crippen LogP contribution is 2.18. The lowest BCUT2D eigenvalue weighted by molar-refractivity contribution is 0.0309. The molecule has 1 aromatic heterocycles. The van der Waals surface area contributed by atoms with Crippen LogP contribution in [-0.2, 0) is 6.54 Å². The van der Waals surface area contributed by atoms with E-state index in [1.165, 1.54) is 0 Å². The molecule has 0 amide bonds. The number of nitrogens with zero attached hydrogens (tertiary/aromatic N) is 1. The maximum absolute atomic E-state index is 13.3. The van der Waals surface area contributed by atoms with E-state index in [1.54, 1.807) is 6.08 Å². The van der Waals surface area contributed by atoms with Crippen molar-refractivity contribution in [2.45, 2.75) is 6.54 Å². The smallest absolute Gasteiger partial charge is 0.0565 e. The third-order valence-corrected chi connectivity index (χ3v) is 2.34. The van der Waals surface area contributed by atoms with Crippen molar-refractivity contribution < 1.29 is 4.48 Å². The molecule has 0 spiro atoms. The third-order valence-electron chi connectivity index (χ3n) is 2.34. The van der Waals surface area contributed by atoms with Gasteiger partial charge in [0.1, 0.15) is 0 Å². The quantitative estimate of drug-likeness (QED) is 0.599. The van der Waals surface area contributed by atoms with Gasteiger partial charge in [0.15, 0.2) is 0 Å². The zero-order chi connectivity index (χ0) is 10.7. The van der Waals surface area contributed by atoms with Crippen molar-refractivity contribution >= 4 is 10.9 Å². The van der Waals surface area contributed by atoms with Crippen molar-refractivity contribution in [1.82, 2.24) is 10.1 Å². The van der Waals surface area contributed by atoms with Gasteiger partial charge in [-0.2, -0.15) is 0 Å². The molecule has 3 heteroatoms. The molecule has 0 aliphatic carbocycles. The fourth-order valence-electron chi connectivity index (χ4n) is 1.67. The van der Waals surface area contributed by atoms with Gasteiger partial charge in [-0.1, -0.05) is 24.3 Å². The molecule has 2 rings (SSSR count). The van der Waals surface area contributed by atoms with Crippen LogP contribution < -0.4 is 0 Å². The molecule has 0 radical (unpaired) electrons. The summed E-state index contributed by atoms with van der Waals surface area (Å²) in [5, 5.41) is 1.85. The molecule has 0 saturated carbocycles. The van der Waals surface area contributed by atoms with Crippen molar-refractivity contribution in [3.05, 3.63) is 48.7 Å². The van der Waals surface area contributed by atoms with E-state index in [0.717, 1.165) is 21.6 Å². The van der Waals surface area contributed by atoms with Crippen LogP contribution in [0.5, 0.6) is 0 Å². The standard InChI is InChI=1S/C12H13FN2/c1-2-8-15(13)9-11-5-3-4-10-6-7-14-12(10)11/h2-7,14H,1,8-9H2. The van der Waals surface area contributed by atoms with Crippen LogP contribution in [0.25, 0.3) is 10.9 Å². The van der Waals surface area contributed by atoms with E-state index >= 15 is 0 Å². The molecule has 0 aliphatic heterocycles. The molecule has 1 heterocycles. The number of halogens is 1. The van der Waals surface area contributed by atoms with Gasteiger partial charge < -0.3 is 4.98 Å². The topological polar surface area (TPSA) is 19.0 Å². The second-order valence-electron chi connectivity index (χ2n) is 3.45. The van der Waals surface area contributed by atoms with E-state index in [-0.39, 0.29) is 13.1 Å². The second-order valence-corrected chi connectivity index (χ2v) is 3.45. The monoisotopic (exact) mass is 204 g/mol. The molecule has 0 atom stereocenters. The molecule has 0 saturated heterocycles. The normalized spacial score (nSPS) is 11.1. The van der Waals surface area contributed by atoms with E-state index in [2.05, 4.69) is 11.6 Å². The summed E-state index contributed by atoms with van der Waals surface area (Å²) in [5.74, 6) is 0. The average molecular weight is 204 g/mol. The molecule has 15 heavy (non-hydrogen) atoms. The zero-order valence-electron chi connectivity index (χ0n) is 8.41. The first kappa shape index (κ1) is 9.93. The fraction of sp³-hybridized carbons (Fsp3) is 0.167. The van der Waals surface area contributed by atoms with Gasteiger partial charge in [-0.25, -0.2) is 0 Å². The Morgan fingerprint density at radius 1 is 1.40 bits per heavy atom. The van der Waals surface area contributed by atoms with Crippen molar-refractivity contribution in [3.63, 3.8) is 0 Å². The number of rotatable bonds is 4. The molecular weight excluding hydrogens is 191 g/mol. The summed E-state index contributed by atoms with van der Waals surface area (Å²) in [6.45, 7) is 4.03. The summed E-state index contributed by atoms with van der Waals surface area (Å²) in [6, 6.07) is 7.85. The molecule has 0 fully saturated rings. The van der Waals surface area contributed by atoms with E-state index in [4.69, 9.17) is 0 Å². The first-order valence-corrected chi connectivity index (χ1v) is 4.88. The average Bonchev–Trinajstić information content (AvgIpc) is 2.67. The number of hydrogen-bond donors (Lipinski definition) is 1. The Bertz CT molecular complexity index is 461. The van der Waals surface area contributed by atoms with Crippen molar-refractivity contribution in [2.24, 2.45) is 0 Å². The van der Waals surface area contributed by atoms with Gasteiger partial charge in [0, 0.05) is 12.7 Å². The van der Waals surface area contributed by atoms with Crippen LogP contribution in [0.1, 0.15) is 5.56 Å². The zero-order valence-corrected chi connectivity index (χ0v) is 8.41. The molecule has 1 N–H and O–H groups in total. The van der Waals surface area contributed by atoms with Crippen LogP contribution in [0, 0.1) is 0 Å². The summed E-state index contributed by atoms with van der Waals surface area (Å²) in [7, 11) is 0. The SMILES string of the molecule is C=CCN(F)Cc1cccc2cc[nH]c12. The van der Waals surface area contributed by atoms with Crippen LogP contribution in [0.3, 0.4) is 0 Å². The van der Waals surface area contributed by atoms with Gasteiger partial charge in [-0.05, 0) is 17.0 Å². The van der Waals surface area contributed by atoms with Gasteiger partial charge in [0.25, 0.3) is 0 Å². The minimum atomic E-state index is 0.247. The fourth-order valence-corrected chi connectivity index (χ4v) is 1.67.